The molecule has 0 fully saturated rings. The van der Waals surface area contributed by atoms with Crippen molar-refractivity contribution in [1.29, 1.82) is 0 Å². The van der Waals surface area contributed by atoms with Gasteiger partial charge in [0.25, 0.3) is 17.7 Å². The zero-order valence-corrected chi connectivity index (χ0v) is 17.8. The number of hydrogen-bond donors (Lipinski definition) is 4. The Morgan fingerprint density at radius 2 is 1.59 bits per heavy atom. The van der Waals surface area contributed by atoms with Gasteiger partial charge in [-0.1, -0.05) is 30.3 Å². The highest BCUT2D eigenvalue weighted by Crippen LogP contribution is 2.21. The lowest BCUT2D eigenvalue weighted by molar-refractivity contribution is -0.118. The summed E-state index contributed by atoms with van der Waals surface area (Å²) >= 11 is 0. The molecule has 4 amide bonds. The second-order valence-corrected chi connectivity index (χ2v) is 7.00. The molecule has 0 aliphatic rings. The Hall–Kier alpha value is -4.73. The molecule has 5 N–H and O–H groups in total. The minimum Gasteiger partial charge on any atom is -0.483 e. The number of carbonyl (C=O) groups is 4. The Balaban J connectivity index is 1.65. The summed E-state index contributed by atoms with van der Waals surface area (Å²) in [6.07, 6.45) is 0. The topological polar surface area (TPSA) is 140 Å². The third-order valence-corrected chi connectivity index (χ3v) is 4.44. The van der Waals surface area contributed by atoms with Gasteiger partial charge < -0.3 is 26.4 Å². The van der Waals surface area contributed by atoms with Gasteiger partial charge >= 0.3 is 0 Å². The van der Waals surface area contributed by atoms with Gasteiger partial charge in [0, 0.05) is 11.3 Å². The molecule has 0 saturated carbocycles. The minimum atomic E-state index is -0.683. The van der Waals surface area contributed by atoms with Gasteiger partial charge in [-0.3, -0.25) is 19.2 Å². The van der Waals surface area contributed by atoms with Crippen molar-refractivity contribution in [2.45, 2.75) is 0 Å². The summed E-state index contributed by atoms with van der Waals surface area (Å²) in [7, 11) is 0. The van der Waals surface area contributed by atoms with Gasteiger partial charge in [0.2, 0.25) is 5.91 Å². The number of para-hydroxylation sites is 2. The van der Waals surface area contributed by atoms with E-state index < -0.39 is 36.1 Å². The van der Waals surface area contributed by atoms with Crippen LogP contribution in [0, 0.1) is 5.82 Å². The van der Waals surface area contributed by atoms with E-state index in [9.17, 15) is 23.6 Å². The molecule has 0 aromatic heterocycles. The van der Waals surface area contributed by atoms with Crippen molar-refractivity contribution in [2.75, 3.05) is 23.8 Å². The van der Waals surface area contributed by atoms with Crippen molar-refractivity contribution in [3.63, 3.8) is 0 Å². The average molecular weight is 464 g/mol. The van der Waals surface area contributed by atoms with Crippen LogP contribution in [-0.4, -0.2) is 36.8 Å². The molecular formula is C24H21FN4O5. The number of ether oxygens (including phenoxy) is 1. The van der Waals surface area contributed by atoms with Crippen LogP contribution in [0.15, 0.2) is 72.8 Å². The number of carbonyl (C=O) groups excluding carboxylic acids is 4. The van der Waals surface area contributed by atoms with Gasteiger partial charge in [-0.15, -0.1) is 0 Å². The first kappa shape index (κ1) is 23.9. The summed E-state index contributed by atoms with van der Waals surface area (Å²) in [5.41, 5.74) is 5.72. The van der Waals surface area contributed by atoms with Crippen molar-refractivity contribution in [3.8, 4) is 5.75 Å². The van der Waals surface area contributed by atoms with E-state index in [1.54, 1.807) is 30.3 Å². The second-order valence-electron chi connectivity index (χ2n) is 7.00. The van der Waals surface area contributed by atoms with Gasteiger partial charge in [0.05, 0.1) is 17.8 Å². The van der Waals surface area contributed by atoms with E-state index in [4.69, 9.17) is 10.5 Å². The third-order valence-electron chi connectivity index (χ3n) is 4.44. The molecule has 3 aromatic carbocycles. The summed E-state index contributed by atoms with van der Waals surface area (Å²) in [5.74, 6) is -2.80. The fraction of sp³-hybridized carbons (Fsp3) is 0.0833. The monoisotopic (exact) mass is 464 g/mol. The van der Waals surface area contributed by atoms with Crippen molar-refractivity contribution in [3.05, 3.63) is 89.7 Å². The Morgan fingerprint density at radius 3 is 2.35 bits per heavy atom. The van der Waals surface area contributed by atoms with Crippen LogP contribution in [0.1, 0.15) is 20.7 Å². The molecule has 0 heterocycles. The molecule has 9 nitrogen and oxygen atoms in total. The Morgan fingerprint density at radius 1 is 0.853 bits per heavy atom. The molecule has 10 heteroatoms. The molecule has 3 rings (SSSR count). The number of halogens is 1. The minimum absolute atomic E-state index is 0.0156. The number of rotatable bonds is 9. The summed E-state index contributed by atoms with van der Waals surface area (Å²) in [6, 6.07) is 18.1. The van der Waals surface area contributed by atoms with E-state index in [1.165, 1.54) is 42.5 Å². The molecule has 0 radical (unpaired) electrons. The molecule has 0 unspecified atom stereocenters. The van der Waals surface area contributed by atoms with E-state index in [2.05, 4.69) is 16.0 Å². The lowest BCUT2D eigenvalue weighted by Crippen LogP contribution is -2.33. The van der Waals surface area contributed by atoms with Gasteiger partial charge in [-0.25, -0.2) is 4.39 Å². The molecule has 3 aromatic rings. The number of hydrogen-bond acceptors (Lipinski definition) is 5. The smallest absolute Gasteiger partial charge is 0.262 e. The molecular weight excluding hydrogens is 443 g/mol. The molecule has 174 valence electrons. The third kappa shape index (κ3) is 6.63. The number of nitrogens with two attached hydrogens (primary N) is 1. The maximum absolute atomic E-state index is 13.7. The van der Waals surface area contributed by atoms with E-state index in [0.29, 0.717) is 5.69 Å². The van der Waals surface area contributed by atoms with E-state index in [0.717, 1.165) is 0 Å². The van der Waals surface area contributed by atoms with Crippen LogP contribution >= 0.6 is 0 Å². The van der Waals surface area contributed by atoms with E-state index in [1.807, 2.05) is 0 Å². The van der Waals surface area contributed by atoms with Crippen LogP contribution in [0.3, 0.4) is 0 Å². The highest BCUT2D eigenvalue weighted by molar-refractivity contribution is 6.07. The number of primary amides is 1. The van der Waals surface area contributed by atoms with Crippen LogP contribution in [-0.2, 0) is 9.59 Å². The van der Waals surface area contributed by atoms with Crippen LogP contribution in [0.5, 0.6) is 5.75 Å². The molecule has 0 atom stereocenters. The number of benzene rings is 3. The van der Waals surface area contributed by atoms with Crippen molar-refractivity contribution < 1.29 is 28.3 Å². The van der Waals surface area contributed by atoms with Gasteiger partial charge in [0.15, 0.2) is 6.61 Å². The van der Waals surface area contributed by atoms with Gasteiger partial charge in [-0.05, 0) is 42.5 Å². The average Bonchev–Trinajstić information content (AvgIpc) is 2.83. The zero-order valence-electron chi connectivity index (χ0n) is 17.8. The second kappa shape index (κ2) is 11.2. The van der Waals surface area contributed by atoms with Crippen molar-refractivity contribution in [2.24, 2.45) is 5.73 Å². The molecule has 0 saturated heterocycles. The summed E-state index contributed by atoms with van der Waals surface area (Å²) in [4.78, 5) is 47.9. The zero-order chi connectivity index (χ0) is 24.5. The van der Waals surface area contributed by atoms with Crippen LogP contribution in [0.4, 0.5) is 15.8 Å². The van der Waals surface area contributed by atoms with Crippen molar-refractivity contribution in [1.82, 2.24) is 5.32 Å². The first-order valence-corrected chi connectivity index (χ1v) is 10.1. The lowest BCUT2D eigenvalue weighted by Gasteiger charge is -2.12. The number of amides is 4. The highest BCUT2D eigenvalue weighted by atomic mass is 19.1. The van der Waals surface area contributed by atoms with E-state index in [-0.39, 0.29) is 29.1 Å². The Bertz CT molecular complexity index is 1230. The lowest BCUT2D eigenvalue weighted by atomic mass is 10.1. The quantitative estimate of drug-likeness (QED) is 0.385. The van der Waals surface area contributed by atoms with Crippen LogP contribution < -0.4 is 26.4 Å². The van der Waals surface area contributed by atoms with Crippen LogP contribution in [0.2, 0.25) is 0 Å². The summed E-state index contributed by atoms with van der Waals surface area (Å²) in [5, 5.41) is 7.41. The summed E-state index contributed by atoms with van der Waals surface area (Å²) in [6.45, 7) is -0.765. The molecule has 0 aliphatic carbocycles. The van der Waals surface area contributed by atoms with Crippen molar-refractivity contribution >= 4 is 35.0 Å². The molecule has 0 aliphatic heterocycles. The van der Waals surface area contributed by atoms with Gasteiger partial charge in [0.1, 0.15) is 11.6 Å². The molecule has 34 heavy (non-hydrogen) atoms. The fourth-order valence-corrected chi connectivity index (χ4v) is 2.88. The standard InChI is InChI=1S/C24H21FN4O5/c25-18-9-2-3-10-19(18)29-22(31)14-34-20-11-4-1-8-17(20)24(33)28-16-7-5-6-15(12-16)23(32)27-13-21(26)30/h1-12H,13-14H2,(H2,26,30)(H,27,32)(H,28,33)(H,29,31). The maximum atomic E-state index is 13.7. The normalized spacial score (nSPS) is 10.1. The molecule has 0 spiro atoms. The Kier molecular flexibility index (Phi) is 7.90. The predicted molar refractivity (Wildman–Crippen MR) is 123 cm³/mol. The number of nitrogens with one attached hydrogen (secondary N) is 3. The first-order chi connectivity index (χ1) is 16.3. The Labute approximate surface area is 194 Å². The van der Waals surface area contributed by atoms with Crippen LogP contribution in [0.25, 0.3) is 0 Å². The molecule has 0 bridgehead atoms. The predicted octanol–water partition coefficient (Wildman–Crippen LogP) is 2.31. The first-order valence-electron chi connectivity index (χ1n) is 10.1. The van der Waals surface area contributed by atoms with Gasteiger partial charge in [-0.2, -0.15) is 0 Å². The fourth-order valence-electron chi connectivity index (χ4n) is 2.88. The summed E-state index contributed by atoms with van der Waals surface area (Å²) < 4.78 is 19.2. The van der Waals surface area contributed by atoms with E-state index >= 15 is 0 Å². The highest BCUT2D eigenvalue weighted by Gasteiger charge is 2.15. The largest absolute Gasteiger partial charge is 0.483 e. The maximum Gasteiger partial charge on any atom is 0.262 e. The SMILES string of the molecule is NC(=O)CNC(=O)c1cccc(NC(=O)c2ccccc2OCC(=O)Nc2ccccc2F)c1. The number of anilines is 2.